The highest BCUT2D eigenvalue weighted by atomic mass is 16.5. The molecule has 6 nitrogen and oxygen atoms in total. The SMILES string of the molecule is COC(=O)c1ccc(-c2cc(-c3ccc(Oc4ccccc4)cc3)nc(N)c2C#N)cc1. The van der Waals surface area contributed by atoms with Crippen molar-refractivity contribution in [1.29, 1.82) is 5.26 Å². The molecule has 1 heterocycles. The van der Waals surface area contributed by atoms with E-state index in [0.29, 0.717) is 22.6 Å². The van der Waals surface area contributed by atoms with Crippen LogP contribution < -0.4 is 10.5 Å². The number of nitrogens with zero attached hydrogens (tertiary/aromatic N) is 2. The minimum atomic E-state index is -0.426. The van der Waals surface area contributed by atoms with E-state index in [0.717, 1.165) is 16.9 Å². The molecule has 0 spiro atoms. The van der Waals surface area contributed by atoms with Crippen molar-refractivity contribution in [1.82, 2.24) is 4.98 Å². The van der Waals surface area contributed by atoms with E-state index in [1.807, 2.05) is 60.7 Å². The van der Waals surface area contributed by atoms with Crippen LogP contribution in [0.4, 0.5) is 5.82 Å². The van der Waals surface area contributed by atoms with Gasteiger partial charge in [-0.3, -0.25) is 0 Å². The maximum atomic E-state index is 11.7. The molecule has 0 aliphatic rings. The maximum absolute atomic E-state index is 11.7. The van der Waals surface area contributed by atoms with Crippen molar-refractivity contribution in [2.75, 3.05) is 12.8 Å². The van der Waals surface area contributed by atoms with Crippen LogP contribution in [0.3, 0.4) is 0 Å². The number of anilines is 1. The molecule has 0 amide bonds. The van der Waals surface area contributed by atoms with Crippen molar-refractivity contribution >= 4 is 11.8 Å². The lowest BCUT2D eigenvalue weighted by molar-refractivity contribution is 0.0600. The Morgan fingerprint density at radius 1 is 0.906 bits per heavy atom. The average Bonchev–Trinajstić information content (AvgIpc) is 2.84. The first-order chi connectivity index (χ1) is 15.6. The Balaban J connectivity index is 1.68. The molecule has 3 aromatic carbocycles. The Morgan fingerprint density at radius 3 is 2.16 bits per heavy atom. The van der Waals surface area contributed by atoms with Gasteiger partial charge in [-0.2, -0.15) is 5.26 Å². The molecule has 0 bridgehead atoms. The number of hydrogen-bond acceptors (Lipinski definition) is 6. The third-order valence-corrected chi connectivity index (χ3v) is 4.91. The van der Waals surface area contributed by atoms with E-state index >= 15 is 0 Å². The van der Waals surface area contributed by atoms with Crippen LogP contribution in [0.2, 0.25) is 0 Å². The first-order valence-corrected chi connectivity index (χ1v) is 9.82. The number of nitrogens with two attached hydrogens (primary N) is 1. The number of nitriles is 1. The van der Waals surface area contributed by atoms with Crippen LogP contribution in [-0.4, -0.2) is 18.1 Å². The molecule has 6 heteroatoms. The summed E-state index contributed by atoms with van der Waals surface area (Å²) in [6.45, 7) is 0. The fourth-order valence-electron chi connectivity index (χ4n) is 3.28. The molecule has 0 aliphatic carbocycles. The van der Waals surface area contributed by atoms with Gasteiger partial charge in [0.15, 0.2) is 0 Å². The number of esters is 1. The molecule has 32 heavy (non-hydrogen) atoms. The second-order valence-corrected chi connectivity index (χ2v) is 6.94. The molecule has 0 fully saturated rings. The van der Waals surface area contributed by atoms with Crippen LogP contribution in [0.15, 0.2) is 84.9 Å². The fraction of sp³-hybridized carbons (Fsp3) is 0.0385. The Hall–Kier alpha value is -4.63. The van der Waals surface area contributed by atoms with Crippen LogP contribution >= 0.6 is 0 Å². The van der Waals surface area contributed by atoms with Gasteiger partial charge in [0, 0.05) is 11.1 Å². The highest BCUT2D eigenvalue weighted by Gasteiger charge is 2.14. The van der Waals surface area contributed by atoms with E-state index in [1.165, 1.54) is 7.11 Å². The normalized spacial score (nSPS) is 10.2. The number of benzene rings is 3. The molecule has 0 unspecified atom stereocenters. The molecular formula is C26H19N3O3. The van der Waals surface area contributed by atoms with Crippen molar-refractivity contribution in [3.05, 3.63) is 96.1 Å². The molecule has 156 valence electrons. The summed E-state index contributed by atoms with van der Waals surface area (Å²) in [5.74, 6) is 1.16. The van der Waals surface area contributed by atoms with Gasteiger partial charge in [-0.15, -0.1) is 0 Å². The van der Waals surface area contributed by atoms with Gasteiger partial charge in [0.1, 0.15) is 28.9 Å². The lowest BCUT2D eigenvalue weighted by Crippen LogP contribution is -2.02. The van der Waals surface area contributed by atoms with Crippen molar-refractivity contribution < 1.29 is 14.3 Å². The van der Waals surface area contributed by atoms with Crippen LogP contribution in [0.25, 0.3) is 22.4 Å². The summed E-state index contributed by atoms with van der Waals surface area (Å²) in [5.41, 5.74) is 9.64. The Morgan fingerprint density at radius 2 is 1.53 bits per heavy atom. The van der Waals surface area contributed by atoms with Gasteiger partial charge in [-0.1, -0.05) is 30.3 Å². The summed E-state index contributed by atoms with van der Waals surface area (Å²) >= 11 is 0. The molecular weight excluding hydrogens is 402 g/mol. The topological polar surface area (TPSA) is 98.2 Å². The number of carbonyl (C=O) groups is 1. The number of para-hydroxylation sites is 1. The Kier molecular flexibility index (Phi) is 5.82. The van der Waals surface area contributed by atoms with Crippen LogP contribution in [0, 0.1) is 11.3 Å². The lowest BCUT2D eigenvalue weighted by Gasteiger charge is -2.11. The van der Waals surface area contributed by atoms with Gasteiger partial charge in [0.2, 0.25) is 0 Å². The van der Waals surface area contributed by atoms with E-state index in [2.05, 4.69) is 11.1 Å². The molecule has 4 aromatic rings. The van der Waals surface area contributed by atoms with E-state index in [1.54, 1.807) is 24.3 Å². The zero-order valence-corrected chi connectivity index (χ0v) is 17.3. The van der Waals surface area contributed by atoms with Gasteiger partial charge < -0.3 is 15.2 Å². The summed E-state index contributed by atoms with van der Waals surface area (Å²) in [6, 6.07) is 27.7. The average molecular weight is 421 g/mol. The number of methoxy groups -OCH3 is 1. The zero-order valence-electron chi connectivity index (χ0n) is 17.3. The maximum Gasteiger partial charge on any atom is 0.337 e. The minimum absolute atomic E-state index is 0.140. The van der Waals surface area contributed by atoms with E-state index in [4.69, 9.17) is 15.2 Å². The molecule has 0 saturated heterocycles. The summed E-state index contributed by atoms with van der Waals surface area (Å²) in [5, 5.41) is 9.62. The fourth-order valence-corrected chi connectivity index (χ4v) is 3.28. The van der Waals surface area contributed by atoms with E-state index < -0.39 is 5.97 Å². The number of ether oxygens (including phenoxy) is 2. The van der Waals surface area contributed by atoms with Crippen molar-refractivity contribution in [3.63, 3.8) is 0 Å². The highest BCUT2D eigenvalue weighted by Crippen LogP contribution is 2.32. The lowest BCUT2D eigenvalue weighted by atomic mass is 9.97. The smallest absolute Gasteiger partial charge is 0.337 e. The largest absolute Gasteiger partial charge is 0.465 e. The number of rotatable bonds is 5. The summed E-state index contributed by atoms with van der Waals surface area (Å²) in [6.07, 6.45) is 0. The molecule has 0 atom stereocenters. The Labute approximate surface area is 185 Å². The molecule has 4 rings (SSSR count). The quantitative estimate of drug-likeness (QED) is 0.430. The molecule has 1 aromatic heterocycles. The zero-order chi connectivity index (χ0) is 22.5. The molecule has 0 aliphatic heterocycles. The summed E-state index contributed by atoms with van der Waals surface area (Å²) in [4.78, 5) is 16.1. The van der Waals surface area contributed by atoms with Gasteiger partial charge >= 0.3 is 5.97 Å². The van der Waals surface area contributed by atoms with Gasteiger partial charge in [-0.25, -0.2) is 9.78 Å². The summed E-state index contributed by atoms with van der Waals surface area (Å²) < 4.78 is 10.6. The third kappa shape index (κ3) is 4.27. The summed E-state index contributed by atoms with van der Waals surface area (Å²) in [7, 11) is 1.33. The van der Waals surface area contributed by atoms with Crippen LogP contribution in [0.1, 0.15) is 15.9 Å². The van der Waals surface area contributed by atoms with Crippen LogP contribution in [0.5, 0.6) is 11.5 Å². The van der Waals surface area contributed by atoms with Gasteiger partial charge in [-0.05, 0) is 60.2 Å². The first-order valence-electron chi connectivity index (χ1n) is 9.82. The van der Waals surface area contributed by atoms with Crippen molar-refractivity contribution in [2.45, 2.75) is 0 Å². The predicted molar refractivity (Wildman–Crippen MR) is 122 cm³/mol. The standard InChI is InChI=1S/C26H19N3O3/c1-31-26(30)19-9-7-17(8-10-19)22-15-24(29-25(28)23(22)16-27)18-11-13-21(14-12-18)32-20-5-3-2-4-6-20/h2-15H,1H3,(H2,28,29). The molecule has 0 radical (unpaired) electrons. The number of nitrogen functional groups attached to an aromatic ring is 1. The molecule has 2 N–H and O–H groups in total. The van der Waals surface area contributed by atoms with Gasteiger partial charge in [0.25, 0.3) is 0 Å². The number of carbonyl (C=O) groups excluding carboxylic acids is 1. The van der Waals surface area contributed by atoms with Crippen molar-refractivity contribution in [3.8, 4) is 40.0 Å². The van der Waals surface area contributed by atoms with Gasteiger partial charge in [0.05, 0.1) is 18.4 Å². The Bertz CT molecular complexity index is 1290. The second-order valence-electron chi connectivity index (χ2n) is 6.94. The van der Waals surface area contributed by atoms with Crippen LogP contribution in [-0.2, 0) is 4.74 Å². The van der Waals surface area contributed by atoms with E-state index in [9.17, 15) is 10.1 Å². The number of aromatic nitrogens is 1. The highest BCUT2D eigenvalue weighted by molar-refractivity contribution is 5.90. The second kappa shape index (κ2) is 9.02. The predicted octanol–water partition coefficient (Wildman–Crippen LogP) is 5.45. The monoisotopic (exact) mass is 421 g/mol. The number of pyridine rings is 1. The first kappa shape index (κ1) is 20.6. The minimum Gasteiger partial charge on any atom is -0.465 e. The van der Waals surface area contributed by atoms with Crippen molar-refractivity contribution in [2.24, 2.45) is 0 Å². The third-order valence-electron chi connectivity index (χ3n) is 4.91. The molecule has 0 saturated carbocycles. The van der Waals surface area contributed by atoms with E-state index in [-0.39, 0.29) is 11.4 Å². The number of hydrogen-bond donors (Lipinski definition) is 1.